The summed E-state index contributed by atoms with van der Waals surface area (Å²) in [5.41, 5.74) is 34.1. The number of phenolic OH excluding ortho intramolecular Hbond substituents is 2. The Hall–Kier alpha value is -7.17. The summed E-state index contributed by atoms with van der Waals surface area (Å²) in [6.07, 6.45) is -0.139. The number of carbonyl (C=O) groups excluding carboxylic acids is 7. The first-order chi connectivity index (χ1) is 33.9. The van der Waals surface area contributed by atoms with Crippen molar-refractivity contribution in [2.45, 2.75) is 135 Å². The van der Waals surface area contributed by atoms with Gasteiger partial charge in [-0.15, -0.1) is 0 Å². The molecule has 0 saturated carbocycles. The lowest BCUT2D eigenvalue weighted by Gasteiger charge is -2.29. The molecule has 0 fully saturated rings. The Morgan fingerprint density at radius 1 is 0.571 bits per heavy atom. The van der Waals surface area contributed by atoms with E-state index in [1.807, 2.05) is 0 Å². The lowest BCUT2D eigenvalue weighted by molar-refractivity contribution is -0.136. The van der Waals surface area contributed by atoms with Crippen molar-refractivity contribution in [3.63, 3.8) is 0 Å². The molecule has 23 heteroatoms. The molecule has 0 spiro atoms. The number of primary amides is 1. The van der Waals surface area contributed by atoms with Crippen LogP contribution >= 0.6 is 0 Å². The van der Waals surface area contributed by atoms with Gasteiger partial charge in [-0.1, -0.05) is 58.4 Å². The van der Waals surface area contributed by atoms with E-state index in [0.29, 0.717) is 36.9 Å². The van der Waals surface area contributed by atoms with E-state index in [0.717, 1.165) is 0 Å². The molecule has 8 atom stereocenters. The number of guanidine groups is 2. The average Bonchev–Trinajstić information content (AvgIpc) is 3.31. The molecule has 0 radical (unpaired) electrons. The minimum atomic E-state index is -1.61. The van der Waals surface area contributed by atoms with Gasteiger partial charge >= 0.3 is 0 Å². The van der Waals surface area contributed by atoms with Gasteiger partial charge in [0.2, 0.25) is 41.4 Å². The molecule has 70 heavy (non-hydrogen) atoms. The highest BCUT2D eigenvalue weighted by atomic mass is 16.3. The van der Waals surface area contributed by atoms with E-state index >= 15 is 0 Å². The number of hydrogen-bond donors (Lipinski definition) is 14. The molecule has 0 bridgehead atoms. The maximum atomic E-state index is 14.6. The second-order valence-corrected chi connectivity index (χ2v) is 17.2. The zero-order valence-electron chi connectivity index (χ0n) is 42.5. The third-order valence-electron chi connectivity index (χ3n) is 11.0. The number of unbranched alkanes of at least 4 members (excludes halogenated alkanes) is 1. The zero-order chi connectivity index (χ0) is 54.1. The molecule has 0 saturated heterocycles. The van der Waals surface area contributed by atoms with E-state index in [2.05, 4.69) is 41.9 Å². The SMILES string of the molecule is [3H]C(C(=O)N[C@@H](CCCN=C(N)N)C(=O)N[C@@H](Cc1ccc(O)cc1)C(=O)N[C@@H](Cc1ccc(O)cc1)C(=O)N[C@@H](CCCN=C(N)N)C(=O)N[C@H](C(=O)N[C@@H](CCCCN)C(N)=O)[C@@H](C)CC)C([3H])(C)C. The van der Waals surface area contributed by atoms with Crippen LogP contribution in [-0.2, 0) is 46.4 Å². The Morgan fingerprint density at radius 2 is 0.971 bits per heavy atom. The van der Waals surface area contributed by atoms with E-state index in [1.165, 1.54) is 62.4 Å². The summed E-state index contributed by atoms with van der Waals surface area (Å²) in [5.74, 6) is -8.44. The van der Waals surface area contributed by atoms with Crippen LogP contribution in [0.3, 0.4) is 0 Å². The number of hydrogen-bond acceptors (Lipinski definition) is 12. The second-order valence-electron chi connectivity index (χ2n) is 17.2. The molecule has 0 aromatic heterocycles. The lowest BCUT2D eigenvalue weighted by Crippen LogP contribution is -2.61. The third-order valence-corrected chi connectivity index (χ3v) is 11.0. The minimum Gasteiger partial charge on any atom is -0.508 e. The van der Waals surface area contributed by atoms with E-state index in [-0.39, 0.29) is 81.5 Å². The number of aliphatic imine (C=N–C) groups is 2. The summed E-state index contributed by atoms with van der Waals surface area (Å²) in [7, 11) is 0. The van der Waals surface area contributed by atoms with Crippen molar-refractivity contribution in [3.8, 4) is 11.5 Å². The van der Waals surface area contributed by atoms with E-state index < -0.39 is 95.8 Å². The van der Waals surface area contributed by atoms with Crippen LogP contribution in [0.2, 0.25) is 0 Å². The normalized spacial score (nSPS) is 15.0. The van der Waals surface area contributed by atoms with Gasteiger partial charge in [-0.05, 0) is 98.7 Å². The number of amides is 7. The molecule has 388 valence electrons. The number of nitrogens with zero attached hydrogens (tertiary/aromatic N) is 2. The van der Waals surface area contributed by atoms with Crippen molar-refractivity contribution in [2.24, 2.45) is 56.2 Å². The predicted octanol–water partition coefficient (Wildman–Crippen LogP) is -1.39. The van der Waals surface area contributed by atoms with Gasteiger partial charge < -0.3 is 76.5 Å². The molecule has 0 aliphatic rings. The van der Waals surface area contributed by atoms with E-state index in [9.17, 15) is 43.8 Å². The molecule has 0 heterocycles. The van der Waals surface area contributed by atoms with Gasteiger partial charge in [-0.25, -0.2) is 0 Å². The van der Waals surface area contributed by atoms with Crippen molar-refractivity contribution in [2.75, 3.05) is 19.6 Å². The Kier molecular flexibility index (Phi) is 24.6. The smallest absolute Gasteiger partial charge is 0.243 e. The van der Waals surface area contributed by atoms with Crippen molar-refractivity contribution in [1.29, 1.82) is 0 Å². The number of nitrogens with two attached hydrogens (primary N) is 6. The van der Waals surface area contributed by atoms with Crippen LogP contribution in [0.15, 0.2) is 58.5 Å². The Labute approximate surface area is 412 Å². The van der Waals surface area contributed by atoms with Gasteiger partial charge in [0, 0.05) is 35.1 Å². The molecule has 2 aromatic carbocycles. The molecule has 23 nitrogen and oxygen atoms in total. The largest absolute Gasteiger partial charge is 0.508 e. The highest BCUT2D eigenvalue weighted by molar-refractivity contribution is 5.97. The Morgan fingerprint density at radius 3 is 1.39 bits per heavy atom. The number of benzene rings is 2. The number of carbonyl (C=O) groups is 7. The molecule has 7 amide bonds. The average molecular weight is 985 g/mol. The molecule has 1 unspecified atom stereocenters. The molecular formula is C47H76N14O9. The third kappa shape index (κ3) is 22.8. The van der Waals surface area contributed by atoms with E-state index in [1.54, 1.807) is 13.8 Å². The molecule has 0 aliphatic carbocycles. The van der Waals surface area contributed by atoms with Gasteiger partial charge in [-0.3, -0.25) is 43.5 Å². The van der Waals surface area contributed by atoms with Crippen LogP contribution in [0, 0.1) is 11.8 Å². The van der Waals surface area contributed by atoms with Gasteiger partial charge in [0.1, 0.15) is 47.8 Å². The van der Waals surface area contributed by atoms with Crippen LogP contribution in [0.25, 0.3) is 0 Å². The van der Waals surface area contributed by atoms with Crippen LogP contribution in [-0.4, -0.2) is 119 Å². The number of rotatable bonds is 32. The maximum absolute atomic E-state index is 14.6. The molecule has 0 aliphatic heterocycles. The number of nitrogens with one attached hydrogen (secondary N) is 6. The fourth-order valence-electron chi connectivity index (χ4n) is 6.99. The van der Waals surface area contributed by atoms with Crippen LogP contribution in [0.5, 0.6) is 11.5 Å². The number of aromatic hydroxyl groups is 2. The summed E-state index contributed by atoms with van der Waals surface area (Å²) in [5, 5.41) is 36.0. The fourth-order valence-corrected chi connectivity index (χ4v) is 6.99. The van der Waals surface area contributed by atoms with Crippen LogP contribution in [0.1, 0.15) is 99.3 Å². The summed E-state index contributed by atoms with van der Waals surface area (Å²) in [6, 6.07) is 3.57. The first-order valence-corrected chi connectivity index (χ1v) is 23.3. The van der Waals surface area contributed by atoms with Crippen molar-refractivity contribution < 1.29 is 46.5 Å². The molecule has 2 rings (SSSR count). The summed E-state index contributed by atoms with van der Waals surface area (Å²) < 4.78 is 16.5. The summed E-state index contributed by atoms with van der Waals surface area (Å²) >= 11 is 0. The maximum Gasteiger partial charge on any atom is 0.243 e. The highest BCUT2D eigenvalue weighted by Gasteiger charge is 2.35. The van der Waals surface area contributed by atoms with Crippen LogP contribution < -0.4 is 66.3 Å². The second kappa shape index (κ2) is 31.1. The molecule has 20 N–H and O–H groups in total. The highest BCUT2D eigenvalue weighted by Crippen LogP contribution is 2.16. The van der Waals surface area contributed by atoms with Crippen molar-refractivity contribution in [3.05, 3.63) is 59.7 Å². The quantitative estimate of drug-likeness (QED) is 0.0228. The number of phenols is 2. The summed E-state index contributed by atoms with van der Waals surface area (Å²) in [6.45, 7) is 6.71. The standard InChI is InChI=1S/C47H76N14O9/c1-5-28(4)39(45(70)57-33(40(49)65)10-6-7-21-48)61-42(67)35(12-9-23-55-47(52)53)58-43(68)36(25-29-13-17-31(62)18-14-29)60-44(69)37(26-30-15-19-32(63)20-16-30)59-41(66)34(11-8-22-54-46(50)51)56-38(64)24-27(2)3/h13-20,27-28,33-37,39,62-63H,5-12,21-26,48H2,1-4H3,(H2,49,65)(H,56,64)(H,57,70)(H,58,68)(H,59,66)(H,60,69)(H,61,67)(H4,50,51,54)(H4,52,53,55)/t28-,33-,34-,35-,36-,37-,39-/m0/s1/i24T,27T/t24?,28-,33-,34-,35-,36-,37-,39-. The zero-order valence-corrected chi connectivity index (χ0v) is 40.5. The van der Waals surface area contributed by atoms with E-state index in [4.69, 9.17) is 37.1 Å². The Balaban J connectivity index is 2.63. The monoisotopic (exact) mass is 985 g/mol. The van der Waals surface area contributed by atoms with Crippen LogP contribution in [0.4, 0.5) is 0 Å². The van der Waals surface area contributed by atoms with Gasteiger partial charge in [0.15, 0.2) is 11.9 Å². The topological polar surface area (TPSA) is 413 Å². The minimum absolute atomic E-state index is 0.0473. The summed E-state index contributed by atoms with van der Waals surface area (Å²) in [4.78, 5) is 105. The van der Waals surface area contributed by atoms with Gasteiger partial charge in [-0.2, -0.15) is 0 Å². The van der Waals surface area contributed by atoms with Gasteiger partial charge in [0.05, 0.1) is 0 Å². The van der Waals surface area contributed by atoms with Crippen molar-refractivity contribution >= 4 is 53.3 Å². The molecule has 2 aromatic rings. The first kappa shape index (κ1) is 55.4. The van der Waals surface area contributed by atoms with Gasteiger partial charge in [0.25, 0.3) is 0 Å². The lowest BCUT2D eigenvalue weighted by atomic mass is 9.96. The predicted molar refractivity (Wildman–Crippen MR) is 266 cm³/mol. The Bertz CT molecular complexity index is 2150. The first-order valence-electron chi connectivity index (χ1n) is 24.3. The fraction of sp³-hybridized carbons (Fsp3) is 0.553. The van der Waals surface area contributed by atoms with Crippen molar-refractivity contribution in [1.82, 2.24) is 31.9 Å². The molecular weight excluding hydrogens is 905 g/mol.